The lowest BCUT2D eigenvalue weighted by Crippen LogP contribution is -2.30. The van der Waals surface area contributed by atoms with E-state index in [1.807, 2.05) is 26.3 Å². The standard InChI is InChI=1S/C13H21BrN2O2S2/c1-9(19-4)7-16-20(17,18)13-6-11(8-15-3)5-12(14)10(13)2/h5-6,9,15-16H,7-8H2,1-4H3. The Labute approximate surface area is 134 Å². The van der Waals surface area contributed by atoms with Crippen molar-refractivity contribution in [3.05, 3.63) is 27.7 Å². The third-order valence-corrected chi connectivity index (χ3v) is 6.33. The minimum absolute atomic E-state index is 0.244. The molecule has 0 aromatic heterocycles. The molecule has 1 aromatic rings. The van der Waals surface area contributed by atoms with E-state index in [0.29, 0.717) is 18.0 Å². The molecule has 2 N–H and O–H groups in total. The van der Waals surface area contributed by atoms with Gasteiger partial charge in [0, 0.05) is 22.8 Å². The third-order valence-electron chi connectivity index (χ3n) is 2.99. The van der Waals surface area contributed by atoms with Crippen molar-refractivity contribution >= 4 is 37.7 Å². The molecular formula is C13H21BrN2O2S2. The van der Waals surface area contributed by atoms with Crippen molar-refractivity contribution < 1.29 is 8.42 Å². The van der Waals surface area contributed by atoms with Crippen LogP contribution in [0.4, 0.5) is 0 Å². The summed E-state index contributed by atoms with van der Waals surface area (Å²) in [7, 11) is -1.65. The van der Waals surface area contributed by atoms with Crippen LogP contribution in [-0.2, 0) is 16.6 Å². The van der Waals surface area contributed by atoms with E-state index in [9.17, 15) is 8.42 Å². The number of hydrogen-bond acceptors (Lipinski definition) is 4. The number of nitrogens with one attached hydrogen (secondary N) is 2. The van der Waals surface area contributed by atoms with Crippen LogP contribution < -0.4 is 10.0 Å². The smallest absolute Gasteiger partial charge is 0.240 e. The maximum Gasteiger partial charge on any atom is 0.240 e. The first-order valence-corrected chi connectivity index (χ1v) is 9.84. The van der Waals surface area contributed by atoms with Gasteiger partial charge in [0.1, 0.15) is 0 Å². The van der Waals surface area contributed by atoms with Crippen LogP contribution in [0.2, 0.25) is 0 Å². The Morgan fingerprint density at radius 3 is 2.60 bits per heavy atom. The van der Waals surface area contributed by atoms with Gasteiger partial charge in [-0.2, -0.15) is 11.8 Å². The second-order valence-corrected chi connectivity index (χ2v) is 8.50. The molecule has 0 aliphatic carbocycles. The Balaban J connectivity index is 3.10. The average molecular weight is 381 g/mol. The molecule has 7 heteroatoms. The number of halogens is 1. The van der Waals surface area contributed by atoms with Crippen LogP contribution in [0.1, 0.15) is 18.1 Å². The average Bonchev–Trinajstić information content (AvgIpc) is 2.40. The van der Waals surface area contributed by atoms with Gasteiger partial charge in [-0.1, -0.05) is 22.9 Å². The molecule has 114 valence electrons. The van der Waals surface area contributed by atoms with E-state index in [1.54, 1.807) is 24.8 Å². The van der Waals surface area contributed by atoms with E-state index in [1.165, 1.54) is 0 Å². The van der Waals surface area contributed by atoms with Gasteiger partial charge in [-0.15, -0.1) is 0 Å². The van der Waals surface area contributed by atoms with Gasteiger partial charge in [-0.05, 0) is 43.5 Å². The topological polar surface area (TPSA) is 58.2 Å². The lowest BCUT2D eigenvalue weighted by molar-refractivity contribution is 0.580. The highest BCUT2D eigenvalue weighted by atomic mass is 79.9. The number of hydrogen-bond donors (Lipinski definition) is 2. The van der Waals surface area contributed by atoms with Crippen LogP contribution in [0.25, 0.3) is 0 Å². The molecule has 1 unspecified atom stereocenters. The molecule has 4 nitrogen and oxygen atoms in total. The Hall–Kier alpha value is -0.0800. The van der Waals surface area contributed by atoms with Gasteiger partial charge >= 0.3 is 0 Å². The van der Waals surface area contributed by atoms with Gasteiger partial charge in [0.15, 0.2) is 0 Å². The molecule has 0 saturated heterocycles. The summed E-state index contributed by atoms with van der Waals surface area (Å²) in [5.74, 6) is 0. The zero-order valence-corrected chi connectivity index (χ0v) is 15.4. The van der Waals surface area contributed by atoms with E-state index in [0.717, 1.165) is 15.6 Å². The minimum Gasteiger partial charge on any atom is -0.316 e. The molecule has 0 spiro atoms. The molecule has 1 atom stereocenters. The van der Waals surface area contributed by atoms with Crippen LogP contribution in [0, 0.1) is 6.92 Å². The first kappa shape index (κ1) is 18.0. The van der Waals surface area contributed by atoms with E-state index < -0.39 is 10.0 Å². The van der Waals surface area contributed by atoms with Gasteiger partial charge in [0.25, 0.3) is 0 Å². The minimum atomic E-state index is -3.48. The predicted octanol–water partition coefficient (Wildman–Crippen LogP) is 2.51. The maximum absolute atomic E-state index is 12.4. The molecule has 0 amide bonds. The van der Waals surface area contributed by atoms with Crippen molar-refractivity contribution in [2.45, 2.75) is 30.5 Å². The first-order valence-electron chi connectivity index (χ1n) is 6.28. The summed E-state index contributed by atoms with van der Waals surface area (Å²) in [6.07, 6.45) is 1.97. The summed E-state index contributed by atoms with van der Waals surface area (Å²) in [6, 6.07) is 3.66. The summed E-state index contributed by atoms with van der Waals surface area (Å²) in [6.45, 7) is 4.85. The van der Waals surface area contributed by atoms with Crippen molar-refractivity contribution in [3.63, 3.8) is 0 Å². The predicted molar refractivity (Wildman–Crippen MR) is 89.8 cm³/mol. The molecule has 0 heterocycles. The fourth-order valence-corrected chi connectivity index (χ4v) is 4.12. The van der Waals surface area contributed by atoms with E-state index >= 15 is 0 Å². The number of sulfonamides is 1. The highest BCUT2D eigenvalue weighted by Crippen LogP contribution is 2.26. The van der Waals surface area contributed by atoms with Crippen molar-refractivity contribution in [2.75, 3.05) is 19.8 Å². The first-order chi connectivity index (χ1) is 9.31. The van der Waals surface area contributed by atoms with E-state index in [-0.39, 0.29) is 5.25 Å². The summed E-state index contributed by atoms with van der Waals surface area (Å²) in [4.78, 5) is 0.338. The van der Waals surface area contributed by atoms with Crippen LogP contribution in [0.3, 0.4) is 0 Å². The second-order valence-electron chi connectivity index (χ2n) is 4.63. The van der Waals surface area contributed by atoms with Gasteiger partial charge in [-0.25, -0.2) is 13.1 Å². The SMILES string of the molecule is CNCc1cc(Br)c(C)c(S(=O)(=O)NCC(C)SC)c1. The quantitative estimate of drug-likeness (QED) is 0.762. The van der Waals surface area contributed by atoms with Crippen molar-refractivity contribution in [3.8, 4) is 0 Å². The second kappa shape index (κ2) is 7.79. The maximum atomic E-state index is 12.4. The van der Waals surface area contributed by atoms with E-state index in [4.69, 9.17) is 0 Å². The van der Waals surface area contributed by atoms with Gasteiger partial charge in [-0.3, -0.25) is 0 Å². The van der Waals surface area contributed by atoms with Crippen molar-refractivity contribution in [1.29, 1.82) is 0 Å². The Kier molecular flexibility index (Phi) is 7.00. The van der Waals surface area contributed by atoms with Gasteiger partial charge < -0.3 is 5.32 Å². The molecule has 0 saturated carbocycles. The fourth-order valence-electron chi connectivity index (χ4n) is 1.68. The molecular weight excluding hydrogens is 360 g/mol. The van der Waals surface area contributed by atoms with Crippen LogP contribution >= 0.6 is 27.7 Å². The normalized spacial score (nSPS) is 13.4. The Morgan fingerprint density at radius 1 is 1.40 bits per heavy atom. The zero-order valence-electron chi connectivity index (χ0n) is 12.2. The molecule has 20 heavy (non-hydrogen) atoms. The number of rotatable bonds is 7. The van der Waals surface area contributed by atoms with Crippen LogP contribution in [0.5, 0.6) is 0 Å². The van der Waals surface area contributed by atoms with Crippen LogP contribution in [0.15, 0.2) is 21.5 Å². The third kappa shape index (κ3) is 4.73. The highest BCUT2D eigenvalue weighted by Gasteiger charge is 2.19. The molecule has 0 fully saturated rings. The molecule has 0 radical (unpaired) electrons. The van der Waals surface area contributed by atoms with Gasteiger partial charge in [0.2, 0.25) is 10.0 Å². The summed E-state index contributed by atoms with van der Waals surface area (Å²) in [5.41, 5.74) is 1.66. The fraction of sp³-hybridized carbons (Fsp3) is 0.538. The Bertz CT molecular complexity index is 562. The lowest BCUT2D eigenvalue weighted by atomic mass is 10.1. The monoisotopic (exact) mass is 380 g/mol. The molecule has 0 aliphatic heterocycles. The Morgan fingerprint density at radius 2 is 2.05 bits per heavy atom. The van der Waals surface area contributed by atoms with Crippen molar-refractivity contribution in [1.82, 2.24) is 10.0 Å². The molecule has 0 aliphatic rings. The van der Waals surface area contributed by atoms with Gasteiger partial charge in [0.05, 0.1) is 4.90 Å². The van der Waals surface area contributed by atoms with E-state index in [2.05, 4.69) is 26.0 Å². The molecule has 1 rings (SSSR count). The van der Waals surface area contributed by atoms with Crippen molar-refractivity contribution in [2.24, 2.45) is 0 Å². The molecule has 1 aromatic carbocycles. The summed E-state index contributed by atoms with van der Waals surface area (Å²) in [5, 5.41) is 3.27. The lowest BCUT2D eigenvalue weighted by Gasteiger charge is -2.14. The largest absolute Gasteiger partial charge is 0.316 e. The zero-order chi connectivity index (χ0) is 15.3. The molecule has 0 bridgehead atoms. The highest BCUT2D eigenvalue weighted by molar-refractivity contribution is 9.10. The number of thioether (sulfide) groups is 1. The number of benzene rings is 1. The van der Waals surface area contributed by atoms with Crippen LogP contribution in [-0.4, -0.2) is 33.5 Å². The summed E-state index contributed by atoms with van der Waals surface area (Å²) < 4.78 is 28.3. The summed E-state index contributed by atoms with van der Waals surface area (Å²) >= 11 is 5.06.